The highest BCUT2D eigenvalue weighted by molar-refractivity contribution is 6.30. The third-order valence-electron chi connectivity index (χ3n) is 6.04. The zero-order valence-corrected chi connectivity index (χ0v) is 18.8. The van der Waals surface area contributed by atoms with Crippen LogP contribution in [0.3, 0.4) is 0 Å². The SMILES string of the molecule is O=C1CCN(Cc2ccccc2)C/C1=C\c1cn(C(=O)c2ccc(Cl)cc2)c2ccccc12. The van der Waals surface area contributed by atoms with E-state index in [-0.39, 0.29) is 11.7 Å². The number of Topliss-reactive ketones (excluding diaryl/α,β-unsaturated/α-hetero) is 1. The van der Waals surface area contributed by atoms with Gasteiger partial charge in [-0.2, -0.15) is 0 Å². The summed E-state index contributed by atoms with van der Waals surface area (Å²) in [6.45, 7) is 2.16. The van der Waals surface area contributed by atoms with Gasteiger partial charge in [-0.1, -0.05) is 60.1 Å². The van der Waals surface area contributed by atoms with Crippen LogP contribution in [0.15, 0.2) is 90.6 Å². The van der Waals surface area contributed by atoms with E-state index in [0.29, 0.717) is 23.6 Å². The number of rotatable bonds is 4. The summed E-state index contributed by atoms with van der Waals surface area (Å²) in [4.78, 5) is 28.3. The first-order chi connectivity index (χ1) is 16.1. The number of ketones is 1. The highest BCUT2D eigenvalue weighted by Gasteiger charge is 2.22. The van der Waals surface area contributed by atoms with Crippen molar-refractivity contribution in [2.24, 2.45) is 0 Å². The number of carbonyl (C=O) groups excluding carboxylic acids is 2. The Kier molecular flexibility index (Phi) is 5.95. The lowest BCUT2D eigenvalue weighted by Gasteiger charge is -2.27. The number of nitrogens with zero attached hydrogens (tertiary/aromatic N) is 2. The Labute approximate surface area is 197 Å². The number of para-hydroxylation sites is 1. The summed E-state index contributed by atoms with van der Waals surface area (Å²) in [5.41, 5.74) is 4.25. The number of fused-ring (bicyclic) bond motifs is 1. The van der Waals surface area contributed by atoms with Gasteiger partial charge in [0.1, 0.15) is 0 Å². The first kappa shape index (κ1) is 21.4. The van der Waals surface area contributed by atoms with E-state index in [1.165, 1.54) is 5.56 Å². The molecule has 5 rings (SSSR count). The molecule has 4 nitrogen and oxygen atoms in total. The van der Waals surface area contributed by atoms with Crippen molar-refractivity contribution in [1.82, 2.24) is 9.47 Å². The maximum Gasteiger partial charge on any atom is 0.262 e. The first-order valence-corrected chi connectivity index (χ1v) is 11.4. The molecule has 0 amide bonds. The predicted molar refractivity (Wildman–Crippen MR) is 132 cm³/mol. The Morgan fingerprint density at radius 1 is 0.939 bits per heavy atom. The summed E-state index contributed by atoms with van der Waals surface area (Å²) < 4.78 is 1.65. The molecule has 0 N–H and O–H groups in total. The number of carbonyl (C=O) groups is 2. The summed E-state index contributed by atoms with van der Waals surface area (Å²) in [6, 6.07) is 25.0. The van der Waals surface area contributed by atoms with Gasteiger partial charge in [-0.25, -0.2) is 0 Å². The molecular formula is C28H23ClN2O2. The molecule has 33 heavy (non-hydrogen) atoms. The van der Waals surface area contributed by atoms with Crippen molar-refractivity contribution >= 4 is 40.3 Å². The second-order valence-electron chi connectivity index (χ2n) is 8.32. The molecule has 5 heteroatoms. The van der Waals surface area contributed by atoms with E-state index in [4.69, 9.17) is 11.6 Å². The third-order valence-corrected chi connectivity index (χ3v) is 6.29. The van der Waals surface area contributed by atoms with Crippen molar-refractivity contribution in [3.63, 3.8) is 0 Å². The van der Waals surface area contributed by atoms with Crippen molar-refractivity contribution in [1.29, 1.82) is 0 Å². The number of aromatic nitrogens is 1. The van der Waals surface area contributed by atoms with E-state index in [0.717, 1.165) is 35.1 Å². The molecule has 0 saturated carbocycles. The lowest BCUT2D eigenvalue weighted by atomic mass is 9.99. The summed E-state index contributed by atoms with van der Waals surface area (Å²) in [7, 11) is 0. The maximum atomic E-state index is 13.2. The molecule has 0 atom stereocenters. The Balaban J connectivity index is 1.48. The normalized spacial score (nSPS) is 15.9. The number of hydrogen-bond acceptors (Lipinski definition) is 3. The standard InChI is InChI=1S/C28H23ClN2O2/c29-24-12-10-21(11-13-24)28(33)31-19-22(25-8-4-5-9-26(25)31)16-23-18-30(15-14-27(23)32)17-20-6-2-1-3-7-20/h1-13,16,19H,14-15,17-18H2/b23-16+. The molecule has 0 spiro atoms. The Hall–Kier alpha value is -3.47. The highest BCUT2D eigenvalue weighted by atomic mass is 35.5. The van der Waals surface area contributed by atoms with E-state index in [2.05, 4.69) is 17.0 Å². The van der Waals surface area contributed by atoms with Gasteiger partial charge in [0.25, 0.3) is 5.91 Å². The van der Waals surface area contributed by atoms with Gasteiger partial charge in [0.2, 0.25) is 0 Å². The third kappa shape index (κ3) is 4.54. The van der Waals surface area contributed by atoms with Crippen LogP contribution < -0.4 is 0 Å². The van der Waals surface area contributed by atoms with Gasteiger partial charge in [-0.3, -0.25) is 19.1 Å². The molecule has 0 bridgehead atoms. The molecule has 1 aliphatic heterocycles. The summed E-state index contributed by atoms with van der Waals surface area (Å²) >= 11 is 5.98. The van der Waals surface area contributed by atoms with Gasteiger partial charge >= 0.3 is 0 Å². The van der Waals surface area contributed by atoms with Crippen LogP contribution in [0.4, 0.5) is 0 Å². The molecule has 1 aliphatic rings. The number of likely N-dealkylation sites (tertiary alicyclic amines) is 1. The Morgan fingerprint density at radius 3 is 2.45 bits per heavy atom. The van der Waals surface area contributed by atoms with Gasteiger partial charge in [-0.15, -0.1) is 0 Å². The molecule has 3 aromatic carbocycles. The van der Waals surface area contributed by atoms with Crippen LogP contribution in [0.1, 0.15) is 27.9 Å². The van der Waals surface area contributed by atoms with Crippen molar-refractivity contribution in [2.45, 2.75) is 13.0 Å². The average molecular weight is 455 g/mol. The minimum atomic E-state index is -0.131. The first-order valence-electron chi connectivity index (χ1n) is 11.0. The quantitative estimate of drug-likeness (QED) is 0.364. The van der Waals surface area contributed by atoms with Gasteiger partial charge in [-0.05, 0) is 42.0 Å². The fourth-order valence-electron chi connectivity index (χ4n) is 4.34. The van der Waals surface area contributed by atoms with Crippen molar-refractivity contribution in [3.8, 4) is 0 Å². The predicted octanol–water partition coefficient (Wildman–Crippen LogP) is 5.84. The Bertz CT molecular complexity index is 1350. The molecule has 4 aromatic rings. The van der Waals surface area contributed by atoms with Crippen molar-refractivity contribution < 1.29 is 9.59 Å². The molecule has 1 fully saturated rings. The van der Waals surface area contributed by atoms with Gasteiger partial charge in [0, 0.05) is 59.4 Å². The lowest BCUT2D eigenvalue weighted by molar-refractivity contribution is -0.117. The maximum absolute atomic E-state index is 13.2. The number of benzene rings is 3. The molecule has 0 unspecified atom stereocenters. The summed E-state index contributed by atoms with van der Waals surface area (Å²) in [5, 5.41) is 1.53. The Morgan fingerprint density at radius 2 is 1.67 bits per heavy atom. The number of halogens is 1. The van der Waals surface area contributed by atoms with Crippen LogP contribution >= 0.6 is 11.6 Å². The second-order valence-corrected chi connectivity index (χ2v) is 8.76. The summed E-state index contributed by atoms with van der Waals surface area (Å²) in [6.07, 6.45) is 4.28. The van der Waals surface area contributed by atoms with Crippen LogP contribution in [-0.4, -0.2) is 34.2 Å². The smallest absolute Gasteiger partial charge is 0.262 e. The summed E-state index contributed by atoms with van der Waals surface area (Å²) in [5.74, 6) is 0.0355. The van der Waals surface area contributed by atoms with Gasteiger partial charge < -0.3 is 0 Å². The minimum absolute atomic E-state index is 0.131. The van der Waals surface area contributed by atoms with E-state index in [1.807, 2.05) is 54.7 Å². The van der Waals surface area contributed by atoms with Crippen LogP contribution in [0.2, 0.25) is 5.02 Å². The van der Waals surface area contributed by atoms with Crippen molar-refractivity contribution in [2.75, 3.05) is 13.1 Å². The molecule has 164 valence electrons. The molecule has 2 heterocycles. The number of hydrogen-bond donors (Lipinski definition) is 0. The van der Waals surface area contributed by atoms with Crippen LogP contribution in [0.5, 0.6) is 0 Å². The zero-order chi connectivity index (χ0) is 22.8. The molecule has 0 aliphatic carbocycles. The van der Waals surface area contributed by atoms with Crippen LogP contribution in [0.25, 0.3) is 17.0 Å². The monoisotopic (exact) mass is 454 g/mol. The van der Waals surface area contributed by atoms with E-state index in [9.17, 15) is 9.59 Å². The van der Waals surface area contributed by atoms with Gasteiger partial charge in [0.05, 0.1) is 5.52 Å². The van der Waals surface area contributed by atoms with E-state index >= 15 is 0 Å². The van der Waals surface area contributed by atoms with E-state index < -0.39 is 0 Å². The zero-order valence-electron chi connectivity index (χ0n) is 18.1. The molecular weight excluding hydrogens is 432 g/mol. The molecule has 1 aromatic heterocycles. The topological polar surface area (TPSA) is 42.3 Å². The van der Waals surface area contributed by atoms with Gasteiger partial charge in [0.15, 0.2) is 5.78 Å². The fourth-order valence-corrected chi connectivity index (χ4v) is 4.47. The largest absolute Gasteiger partial charge is 0.294 e. The minimum Gasteiger partial charge on any atom is -0.294 e. The van der Waals surface area contributed by atoms with E-state index in [1.54, 1.807) is 28.8 Å². The average Bonchev–Trinajstić information content (AvgIpc) is 3.20. The highest BCUT2D eigenvalue weighted by Crippen LogP contribution is 2.27. The molecule has 1 saturated heterocycles. The van der Waals surface area contributed by atoms with Crippen molar-refractivity contribution in [3.05, 3.63) is 112 Å². The molecule has 0 radical (unpaired) electrons. The van der Waals surface area contributed by atoms with Crippen LogP contribution in [0, 0.1) is 0 Å². The fraction of sp³-hybridized carbons (Fsp3) is 0.143. The second kappa shape index (κ2) is 9.18. The number of piperidine rings is 1. The van der Waals surface area contributed by atoms with Crippen LogP contribution in [-0.2, 0) is 11.3 Å². The lowest BCUT2D eigenvalue weighted by Crippen LogP contribution is -2.35.